The standard InChI is InChI=1S/C17H24N2O3S/c1-23(21,22)19-12-5-4-11-16(19)17(20)18-15-10-6-8-13-7-2-3-9-14(13)15/h6,8,10,16H,2-5,7,9,11-12H2,1H3,(H,18,20). The first-order chi connectivity index (χ1) is 11.0. The van der Waals surface area contributed by atoms with Gasteiger partial charge in [0, 0.05) is 12.2 Å². The van der Waals surface area contributed by atoms with Gasteiger partial charge in [0.15, 0.2) is 0 Å². The van der Waals surface area contributed by atoms with Crippen LogP contribution in [0.3, 0.4) is 0 Å². The van der Waals surface area contributed by atoms with E-state index in [-0.39, 0.29) is 5.91 Å². The Morgan fingerprint density at radius 2 is 1.96 bits per heavy atom. The minimum atomic E-state index is -3.36. The number of aryl methyl sites for hydroxylation is 1. The second-order valence-electron chi connectivity index (χ2n) is 6.52. The largest absolute Gasteiger partial charge is 0.324 e. The molecule has 1 amide bonds. The Morgan fingerprint density at radius 3 is 2.74 bits per heavy atom. The lowest BCUT2D eigenvalue weighted by Gasteiger charge is -2.33. The van der Waals surface area contributed by atoms with Crippen molar-refractivity contribution < 1.29 is 13.2 Å². The fourth-order valence-electron chi connectivity index (χ4n) is 3.68. The molecule has 1 saturated heterocycles. The molecule has 0 saturated carbocycles. The summed E-state index contributed by atoms with van der Waals surface area (Å²) in [4.78, 5) is 12.7. The summed E-state index contributed by atoms with van der Waals surface area (Å²) in [7, 11) is -3.36. The number of amides is 1. The minimum Gasteiger partial charge on any atom is -0.324 e. The van der Waals surface area contributed by atoms with Gasteiger partial charge in [-0.3, -0.25) is 4.79 Å². The van der Waals surface area contributed by atoms with E-state index >= 15 is 0 Å². The van der Waals surface area contributed by atoms with Crippen molar-refractivity contribution in [3.63, 3.8) is 0 Å². The molecule has 23 heavy (non-hydrogen) atoms. The van der Waals surface area contributed by atoms with Crippen LogP contribution in [0.5, 0.6) is 0 Å². The monoisotopic (exact) mass is 336 g/mol. The van der Waals surface area contributed by atoms with Crippen LogP contribution in [0.2, 0.25) is 0 Å². The number of fused-ring (bicyclic) bond motifs is 1. The Hall–Kier alpha value is -1.40. The number of anilines is 1. The summed E-state index contributed by atoms with van der Waals surface area (Å²) in [6.07, 6.45) is 7.84. The average Bonchev–Trinajstić information content (AvgIpc) is 2.54. The molecule has 2 aliphatic rings. The molecule has 1 atom stereocenters. The van der Waals surface area contributed by atoms with Gasteiger partial charge in [-0.25, -0.2) is 8.42 Å². The molecule has 0 spiro atoms. The number of piperidine rings is 1. The van der Waals surface area contributed by atoms with E-state index in [1.165, 1.54) is 28.1 Å². The zero-order chi connectivity index (χ0) is 16.4. The van der Waals surface area contributed by atoms with E-state index in [0.29, 0.717) is 13.0 Å². The molecule has 1 aromatic carbocycles. The SMILES string of the molecule is CS(=O)(=O)N1CCCCC1C(=O)Nc1cccc2c1CCCC2. The number of nitrogens with zero attached hydrogens (tertiary/aromatic N) is 1. The van der Waals surface area contributed by atoms with E-state index in [4.69, 9.17) is 0 Å². The average molecular weight is 336 g/mol. The number of sulfonamides is 1. The molecule has 5 nitrogen and oxygen atoms in total. The number of rotatable bonds is 3. The second kappa shape index (κ2) is 6.61. The molecule has 0 aromatic heterocycles. The highest BCUT2D eigenvalue weighted by Crippen LogP contribution is 2.29. The maximum Gasteiger partial charge on any atom is 0.242 e. The Labute approximate surface area is 138 Å². The van der Waals surface area contributed by atoms with Crippen molar-refractivity contribution in [2.45, 2.75) is 51.0 Å². The predicted molar refractivity (Wildman–Crippen MR) is 90.9 cm³/mol. The molecule has 1 unspecified atom stereocenters. The Balaban J connectivity index is 1.81. The quantitative estimate of drug-likeness (QED) is 0.921. The number of hydrogen-bond acceptors (Lipinski definition) is 3. The van der Waals surface area contributed by atoms with E-state index in [2.05, 4.69) is 11.4 Å². The van der Waals surface area contributed by atoms with Gasteiger partial charge >= 0.3 is 0 Å². The van der Waals surface area contributed by atoms with Gasteiger partial charge in [0.2, 0.25) is 15.9 Å². The number of benzene rings is 1. The molecule has 1 heterocycles. The van der Waals surface area contributed by atoms with Gasteiger partial charge in [0.25, 0.3) is 0 Å². The highest BCUT2D eigenvalue weighted by molar-refractivity contribution is 7.88. The molecule has 1 fully saturated rings. The van der Waals surface area contributed by atoms with E-state index in [1.807, 2.05) is 12.1 Å². The fraction of sp³-hybridized carbons (Fsp3) is 0.588. The molecule has 1 aliphatic heterocycles. The number of nitrogens with one attached hydrogen (secondary N) is 1. The second-order valence-corrected chi connectivity index (χ2v) is 8.46. The van der Waals surface area contributed by atoms with E-state index < -0.39 is 16.1 Å². The molecular weight excluding hydrogens is 312 g/mol. The van der Waals surface area contributed by atoms with E-state index in [0.717, 1.165) is 37.8 Å². The lowest BCUT2D eigenvalue weighted by Crippen LogP contribution is -2.49. The number of carbonyl (C=O) groups excluding carboxylic acids is 1. The molecule has 3 rings (SSSR count). The van der Waals surface area contributed by atoms with Crippen molar-refractivity contribution in [1.82, 2.24) is 4.31 Å². The van der Waals surface area contributed by atoms with Gasteiger partial charge < -0.3 is 5.32 Å². The third-order valence-electron chi connectivity index (χ3n) is 4.84. The summed E-state index contributed by atoms with van der Waals surface area (Å²) in [5, 5.41) is 3.00. The van der Waals surface area contributed by atoms with Crippen LogP contribution >= 0.6 is 0 Å². The van der Waals surface area contributed by atoms with Crippen molar-refractivity contribution in [3.8, 4) is 0 Å². The Kier molecular flexibility index (Phi) is 4.73. The van der Waals surface area contributed by atoms with Crippen molar-refractivity contribution in [2.75, 3.05) is 18.1 Å². The van der Waals surface area contributed by atoms with Crippen LogP contribution in [0, 0.1) is 0 Å². The summed E-state index contributed by atoms with van der Waals surface area (Å²) < 4.78 is 25.2. The highest BCUT2D eigenvalue weighted by Gasteiger charge is 2.34. The fourth-order valence-corrected chi connectivity index (χ4v) is 4.80. The van der Waals surface area contributed by atoms with Crippen molar-refractivity contribution in [1.29, 1.82) is 0 Å². The lowest BCUT2D eigenvalue weighted by atomic mass is 9.90. The van der Waals surface area contributed by atoms with E-state index in [9.17, 15) is 13.2 Å². The zero-order valence-corrected chi connectivity index (χ0v) is 14.4. The van der Waals surface area contributed by atoms with Crippen molar-refractivity contribution >= 4 is 21.6 Å². The van der Waals surface area contributed by atoms with Gasteiger partial charge in [-0.15, -0.1) is 0 Å². The maximum absolute atomic E-state index is 12.7. The first-order valence-electron chi connectivity index (χ1n) is 8.35. The van der Waals surface area contributed by atoms with Crippen LogP contribution in [0.1, 0.15) is 43.2 Å². The van der Waals surface area contributed by atoms with Crippen LogP contribution in [0.15, 0.2) is 18.2 Å². The Bertz CT molecular complexity index is 700. The van der Waals surface area contributed by atoms with E-state index in [1.54, 1.807) is 0 Å². The van der Waals surface area contributed by atoms with Crippen LogP contribution in [0.4, 0.5) is 5.69 Å². The molecule has 1 aliphatic carbocycles. The molecule has 0 bridgehead atoms. The third-order valence-corrected chi connectivity index (χ3v) is 6.13. The summed E-state index contributed by atoms with van der Waals surface area (Å²) in [5.74, 6) is -0.200. The number of hydrogen-bond donors (Lipinski definition) is 1. The van der Waals surface area contributed by atoms with Crippen LogP contribution in [-0.4, -0.2) is 37.5 Å². The van der Waals surface area contributed by atoms with Crippen LogP contribution < -0.4 is 5.32 Å². The lowest BCUT2D eigenvalue weighted by molar-refractivity contribution is -0.120. The van der Waals surface area contributed by atoms with Gasteiger partial charge in [-0.1, -0.05) is 18.6 Å². The third kappa shape index (κ3) is 3.58. The van der Waals surface area contributed by atoms with Gasteiger partial charge in [0.05, 0.1) is 6.26 Å². The first kappa shape index (κ1) is 16.5. The summed E-state index contributed by atoms with van der Waals surface area (Å²) in [6, 6.07) is 5.43. The molecule has 126 valence electrons. The van der Waals surface area contributed by atoms with Crippen molar-refractivity contribution in [3.05, 3.63) is 29.3 Å². The number of carbonyl (C=O) groups is 1. The molecule has 1 aromatic rings. The topological polar surface area (TPSA) is 66.5 Å². The zero-order valence-electron chi connectivity index (χ0n) is 13.5. The van der Waals surface area contributed by atoms with Gasteiger partial charge in [0.1, 0.15) is 6.04 Å². The highest BCUT2D eigenvalue weighted by atomic mass is 32.2. The maximum atomic E-state index is 12.7. The minimum absolute atomic E-state index is 0.200. The van der Waals surface area contributed by atoms with Crippen molar-refractivity contribution in [2.24, 2.45) is 0 Å². The predicted octanol–water partition coefficient (Wildman–Crippen LogP) is 2.32. The Morgan fingerprint density at radius 1 is 1.17 bits per heavy atom. The molecule has 1 N–H and O–H groups in total. The molecule has 6 heteroatoms. The van der Waals surface area contributed by atoms with Gasteiger partial charge in [-0.05, 0) is 55.7 Å². The smallest absolute Gasteiger partial charge is 0.242 e. The molecular formula is C17H24N2O3S. The normalized spacial score (nSPS) is 22.4. The first-order valence-corrected chi connectivity index (χ1v) is 10.2. The van der Waals surface area contributed by atoms with Crippen LogP contribution in [-0.2, 0) is 27.7 Å². The summed E-state index contributed by atoms with van der Waals surface area (Å²) in [6.45, 7) is 0.434. The van der Waals surface area contributed by atoms with Gasteiger partial charge in [-0.2, -0.15) is 4.31 Å². The summed E-state index contributed by atoms with van der Waals surface area (Å²) in [5.41, 5.74) is 3.37. The summed E-state index contributed by atoms with van der Waals surface area (Å²) >= 11 is 0. The molecule has 0 radical (unpaired) electrons. The van der Waals surface area contributed by atoms with Crippen LogP contribution in [0.25, 0.3) is 0 Å².